The van der Waals surface area contributed by atoms with Gasteiger partial charge in [0.05, 0.1) is 12.0 Å². The first-order valence-corrected chi connectivity index (χ1v) is 8.60. The fraction of sp³-hybridized carbons (Fsp3) is 0.421. The minimum atomic E-state index is -0.454. The molecule has 1 fully saturated rings. The van der Waals surface area contributed by atoms with E-state index < -0.39 is 5.41 Å². The first kappa shape index (κ1) is 17.2. The van der Waals surface area contributed by atoms with Gasteiger partial charge in [-0.25, -0.2) is 0 Å². The zero-order chi connectivity index (χ0) is 18.0. The van der Waals surface area contributed by atoms with Gasteiger partial charge in [-0.3, -0.25) is 14.4 Å². The molecule has 0 bridgehead atoms. The fourth-order valence-corrected chi connectivity index (χ4v) is 3.79. The molecule has 2 aliphatic rings. The van der Waals surface area contributed by atoms with Gasteiger partial charge in [0.25, 0.3) is 0 Å². The Hall–Kier alpha value is -2.63. The van der Waals surface area contributed by atoms with Crippen molar-refractivity contribution in [1.29, 1.82) is 0 Å². The molecule has 0 atom stereocenters. The van der Waals surface area contributed by atoms with E-state index in [1.165, 1.54) is 11.0 Å². The zero-order valence-electron chi connectivity index (χ0n) is 14.4. The lowest BCUT2D eigenvalue weighted by Crippen LogP contribution is -2.36. The summed E-state index contributed by atoms with van der Waals surface area (Å²) in [6.07, 6.45) is 6.10. The zero-order valence-corrected chi connectivity index (χ0v) is 14.4. The number of benzene rings is 1. The number of hydrogen-bond donors (Lipinski definition) is 2. The number of rotatable bonds is 4. The van der Waals surface area contributed by atoms with Crippen LogP contribution < -0.4 is 10.6 Å². The topological polar surface area (TPSA) is 78.5 Å². The highest BCUT2D eigenvalue weighted by molar-refractivity contribution is 6.07. The maximum atomic E-state index is 12.5. The number of carbonyl (C=O) groups is 3. The highest BCUT2D eigenvalue weighted by atomic mass is 16.2. The van der Waals surface area contributed by atoms with Gasteiger partial charge in [-0.2, -0.15) is 0 Å². The monoisotopic (exact) mass is 341 g/mol. The normalized spacial score (nSPS) is 17.6. The van der Waals surface area contributed by atoms with Gasteiger partial charge in [0.15, 0.2) is 0 Å². The molecule has 1 saturated carbocycles. The van der Waals surface area contributed by atoms with Gasteiger partial charge < -0.3 is 15.5 Å². The molecule has 0 radical (unpaired) electrons. The van der Waals surface area contributed by atoms with Crippen LogP contribution >= 0.6 is 0 Å². The Morgan fingerprint density at radius 2 is 2.04 bits per heavy atom. The molecule has 132 valence electrons. The number of anilines is 2. The fourth-order valence-electron chi connectivity index (χ4n) is 3.79. The Labute approximate surface area is 147 Å². The van der Waals surface area contributed by atoms with E-state index in [0.29, 0.717) is 5.69 Å². The van der Waals surface area contributed by atoms with E-state index in [1.807, 2.05) is 12.1 Å². The molecule has 1 aromatic rings. The highest BCUT2D eigenvalue weighted by Gasteiger charge is 2.47. The van der Waals surface area contributed by atoms with Crippen LogP contribution in [0.15, 0.2) is 30.9 Å². The summed E-state index contributed by atoms with van der Waals surface area (Å²) in [5.41, 5.74) is 2.00. The lowest BCUT2D eigenvalue weighted by atomic mass is 9.70. The lowest BCUT2D eigenvalue weighted by molar-refractivity contribution is -0.129. The van der Waals surface area contributed by atoms with Gasteiger partial charge in [0.1, 0.15) is 0 Å². The standard InChI is InChI=1S/C19H23N3O3/c1-3-17(24)22(2)12-16(23)20-13-7-8-15-14(11-13)19(18(25)21-15)9-5-4-6-10-19/h3,7-8,11H,1,4-6,9-10,12H2,2H3,(H,20,23)(H,21,25). The van der Waals surface area contributed by atoms with Crippen LogP contribution in [0.25, 0.3) is 0 Å². The smallest absolute Gasteiger partial charge is 0.246 e. The van der Waals surface area contributed by atoms with E-state index in [0.717, 1.165) is 43.4 Å². The summed E-state index contributed by atoms with van der Waals surface area (Å²) in [5, 5.41) is 5.79. The van der Waals surface area contributed by atoms with Gasteiger partial charge in [-0.05, 0) is 42.7 Å². The molecule has 1 spiro atoms. The van der Waals surface area contributed by atoms with Crippen LogP contribution in [0.1, 0.15) is 37.7 Å². The first-order chi connectivity index (χ1) is 12.0. The first-order valence-electron chi connectivity index (χ1n) is 8.60. The Balaban J connectivity index is 1.77. The van der Waals surface area contributed by atoms with Crippen LogP contribution in [0, 0.1) is 0 Å². The summed E-state index contributed by atoms with van der Waals surface area (Å²) in [4.78, 5) is 37.5. The van der Waals surface area contributed by atoms with Crippen LogP contribution in [0.3, 0.4) is 0 Å². The highest BCUT2D eigenvalue weighted by Crippen LogP contribution is 2.48. The molecular formula is C19H23N3O3. The number of fused-ring (bicyclic) bond motifs is 2. The number of carbonyl (C=O) groups excluding carboxylic acids is 3. The van der Waals surface area contributed by atoms with E-state index in [-0.39, 0.29) is 24.3 Å². The van der Waals surface area contributed by atoms with Crippen molar-refractivity contribution in [3.63, 3.8) is 0 Å². The van der Waals surface area contributed by atoms with Gasteiger partial charge in [-0.15, -0.1) is 0 Å². The second-order valence-corrected chi connectivity index (χ2v) is 6.80. The molecule has 6 heteroatoms. The minimum absolute atomic E-state index is 0.0513. The molecule has 25 heavy (non-hydrogen) atoms. The molecule has 0 saturated heterocycles. The second-order valence-electron chi connectivity index (χ2n) is 6.80. The van der Waals surface area contributed by atoms with E-state index in [9.17, 15) is 14.4 Å². The van der Waals surface area contributed by atoms with Crippen molar-refractivity contribution in [1.82, 2.24) is 4.90 Å². The molecule has 2 N–H and O–H groups in total. The number of likely N-dealkylation sites (N-methyl/N-ethyl adjacent to an activating group) is 1. The number of nitrogens with zero attached hydrogens (tertiary/aromatic N) is 1. The van der Waals surface area contributed by atoms with Crippen molar-refractivity contribution in [2.75, 3.05) is 24.2 Å². The van der Waals surface area contributed by atoms with Crippen molar-refractivity contribution >= 4 is 29.1 Å². The van der Waals surface area contributed by atoms with Gasteiger partial charge in [0.2, 0.25) is 17.7 Å². The minimum Gasteiger partial charge on any atom is -0.333 e. The maximum absolute atomic E-state index is 12.5. The molecule has 3 amide bonds. The van der Waals surface area contributed by atoms with Crippen LogP contribution in [-0.2, 0) is 19.8 Å². The molecule has 1 aliphatic carbocycles. The molecule has 6 nitrogen and oxygen atoms in total. The Bertz CT molecular complexity index is 735. The summed E-state index contributed by atoms with van der Waals surface area (Å²) >= 11 is 0. The third-order valence-corrected chi connectivity index (χ3v) is 5.14. The van der Waals surface area contributed by atoms with Crippen molar-refractivity contribution in [2.24, 2.45) is 0 Å². The van der Waals surface area contributed by atoms with E-state index in [1.54, 1.807) is 13.1 Å². The van der Waals surface area contributed by atoms with Crippen molar-refractivity contribution in [3.05, 3.63) is 36.4 Å². The Morgan fingerprint density at radius 3 is 2.72 bits per heavy atom. The molecule has 0 aromatic heterocycles. The summed E-state index contributed by atoms with van der Waals surface area (Å²) < 4.78 is 0. The molecule has 0 unspecified atom stereocenters. The summed E-state index contributed by atoms with van der Waals surface area (Å²) in [7, 11) is 1.55. The van der Waals surface area contributed by atoms with Crippen LogP contribution in [0.5, 0.6) is 0 Å². The average Bonchev–Trinajstić information content (AvgIpc) is 2.86. The summed E-state index contributed by atoms with van der Waals surface area (Å²) in [6.45, 7) is 3.35. The van der Waals surface area contributed by atoms with Crippen LogP contribution in [0.2, 0.25) is 0 Å². The predicted molar refractivity (Wildman–Crippen MR) is 96.3 cm³/mol. The van der Waals surface area contributed by atoms with Gasteiger partial charge >= 0.3 is 0 Å². The molecule has 1 aliphatic heterocycles. The predicted octanol–water partition coefficient (Wildman–Crippen LogP) is 2.42. The summed E-state index contributed by atoms with van der Waals surface area (Å²) in [6, 6.07) is 5.50. The molecular weight excluding hydrogens is 318 g/mol. The Kier molecular flexibility index (Phi) is 4.61. The molecule has 1 heterocycles. The SMILES string of the molecule is C=CC(=O)N(C)CC(=O)Nc1ccc2c(c1)C1(CCCCC1)C(=O)N2. The van der Waals surface area contributed by atoms with Crippen LogP contribution in [0.4, 0.5) is 11.4 Å². The lowest BCUT2D eigenvalue weighted by Gasteiger charge is -2.31. The molecule has 1 aromatic carbocycles. The number of nitrogens with one attached hydrogen (secondary N) is 2. The van der Waals surface area contributed by atoms with Crippen LogP contribution in [-0.4, -0.2) is 36.2 Å². The largest absolute Gasteiger partial charge is 0.333 e. The van der Waals surface area contributed by atoms with Gasteiger partial charge in [0, 0.05) is 18.4 Å². The summed E-state index contributed by atoms with van der Waals surface area (Å²) in [5.74, 6) is -0.519. The van der Waals surface area contributed by atoms with Crippen molar-refractivity contribution in [3.8, 4) is 0 Å². The Morgan fingerprint density at radius 1 is 1.32 bits per heavy atom. The third kappa shape index (κ3) is 3.16. The number of amides is 3. The quantitative estimate of drug-likeness (QED) is 0.826. The van der Waals surface area contributed by atoms with E-state index >= 15 is 0 Å². The van der Waals surface area contributed by atoms with E-state index in [4.69, 9.17) is 0 Å². The molecule has 3 rings (SSSR count). The maximum Gasteiger partial charge on any atom is 0.246 e. The van der Waals surface area contributed by atoms with Crippen molar-refractivity contribution < 1.29 is 14.4 Å². The second kappa shape index (κ2) is 6.70. The number of hydrogen-bond acceptors (Lipinski definition) is 3. The van der Waals surface area contributed by atoms with Crippen molar-refractivity contribution in [2.45, 2.75) is 37.5 Å². The third-order valence-electron chi connectivity index (χ3n) is 5.14. The van der Waals surface area contributed by atoms with E-state index in [2.05, 4.69) is 17.2 Å². The average molecular weight is 341 g/mol. The van der Waals surface area contributed by atoms with Gasteiger partial charge in [-0.1, -0.05) is 25.8 Å².